The second kappa shape index (κ2) is 5.41. The van der Waals surface area contributed by atoms with Crippen molar-refractivity contribution in [2.45, 2.75) is 24.7 Å². The van der Waals surface area contributed by atoms with E-state index in [1.165, 1.54) is 12.1 Å². The second-order valence-electron chi connectivity index (χ2n) is 5.20. The van der Waals surface area contributed by atoms with Crippen LogP contribution in [0, 0.1) is 5.92 Å². The van der Waals surface area contributed by atoms with Gasteiger partial charge in [-0.15, -0.1) is 0 Å². The Hall–Kier alpha value is -1.60. The molecule has 0 radical (unpaired) electrons. The summed E-state index contributed by atoms with van der Waals surface area (Å²) in [4.78, 5) is 13.2. The minimum atomic E-state index is -3.90. The highest BCUT2D eigenvalue weighted by molar-refractivity contribution is 7.89. The van der Waals surface area contributed by atoms with Crippen LogP contribution in [0.2, 0.25) is 0 Å². The highest BCUT2D eigenvalue weighted by atomic mass is 32.2. The molecule has 0 unspecified atom stereocenters. The van der Waals surface area contributed by atoms with Gasteiger partial charge in [-0.05, 0) is 37.0 Å². The number of nitrogens with zero attached hydrogens (tertiary/aromatic N) is 1. The van der Waals surface area contributed by atoms with Crippen molar-refractivity contribution < 1.29 is 18.3 Å². The molecule has 0 aromatic heterocycles. The van der Waals surface area contributed by atoms with E-state index in [2.05, 4.69) is 6.92 Å². The van der Waals surface area contributed by atoms with Crippen LogP contribution in [0.1, 0.15) is 30.1 Å². The lowest BCUT2D eigenvalue weighted by atomic mass is 9.98. The molecule has 2 rings (SSSR count). The summed E-state index contributed by atoms with van der Waals surface area (Å²) in [6.45, 7) is 3.71. The maximum atomic E-state index is 11.3. The van der Waals surface area contributed by atoms with Crippen LogP contribution in [0.25, 0.3) is 0 Å². The molecular formula is C13H18N2O4S. The molecule has 1 fully saturated rings. The van der Waals surface area contributed by atoms with Gasteiger partial charge in [-0.2, -0.15) is 0 Å². The van der Waals surface area contributed by atoms with E-state index in [0.29, 0.717) is 11.6 Å². The van der Waals surface area contributed by atoms with Gasteiger partial charge in [-0.3, -0.25) is 0 Å². The first-order valence-corrected chi connectivity index (χ1v) is 7.99. The van der Waals surface area contributed by atoms with E-state index >= 15 is 0 Å². The van der Waals surface area contributed by atoms with Crippen molar-refractivity contribution in [2.24, 2.45) is 11.1 Å². The van der Waals surface area contributed by atoms with Crippen LogP contribution in [-0.4, -0.2) is 32.6 Å². The standard InChI is InChI=1S/C13H18N2O4S/c1-9-4-6-15(7-5-9)12-3-2-10(20(14,18)19)8-11(12)13(16)17/h2-3,8-9H,4-7H2,1H3,(H,16,17)(H2,14,18,19). The topological polar surface area (TPSA) is 101 Å². The summed E-state index contributed by atoms with van der Waals surface area (Å²) in [6.07, 6.45) is 1.99. The Morgan fingerprint density at radius 2 is 1.95 bits per heavy atom. The van der Waals surface area contributed by atoms with Crippen LogP contribution in [0.5, 0.6) is 0 Å². The zero-order valence-electron chi connectivity index (χ0n) is 11.2. The Labute approximate surface area is 118 Å². The zero-order chi connectivity index (χ0) is 14.9. The van der Waals surface area contributed by atoms with Gasteiger partial charge in [0, 0.05) is 13.1 Å². The lowest BCUT2D eigenvalue weighted by Gasteiger charge is -2.33. The van der Waals surface area contributed by atoms with E-state index in [1.807, 2.05) is 4.90 Å². The maximum absolute atomic E-state index is 11.3. The third-order valence-corrected chi connectivity index (χ3v) is 4.56. The summed E-state index contributed by atoms with van der Waals surface area (Å²) in [7, 11) is -3.90. The predicted octanol–water partition coefficient (Wildman–Crippen LogP) is 1.27. The van der Waals surface area contributed by atoms with Gasteiger partial charge in [-0.1, -0.05) is 6.92 Å². The lowest BCUT2D eigenvalue weighted by Crippen LogP contribution is -2.34. The summed E-state index contributed by atoms with van der Waals surface area (Å²) in [5.41, 5.74) is 0.530. The molecular weight excluding hydrogens is 280 g/mol. The van der Waals surface area contributed by atoms with Gasteiger partial charge in [0.25, 0.3) is 0 Å². The molecule has 0 amide bonds. The summed E-state index contributed by atoms with van der Waals surface area (Å²) >= 11 is 0. The van der Waals surface area contributed by atoms with E-state index in [4.69, 9.17) is 5.14 Å². The van der Waals surface area contributed by atoms with Crippen molar-refractivity contribution in [3.8, 4) is 0 Å². The van der Waals surface area contributed by atoms with Gasteiger partial charge >= 0.3 is 5.97 Å². The average Bonchev–Trinajstić information content (AvgIpc) is 2.38. The number of primary sulfonamides is 1. The Morgan fingerprint density at radius 3 is 2.45 bits per heavy atom. The molecule has 1 heterocycles. The van der Waals surface area contributed by atoms with E-state index in [1.54, 1.807) is 0 Å². The van der Waals surface area contributed by atoms with E-state index in [9.17, 15) is 18.3 Å². The second-order valence-corrected chi connectivity index (χ2v) is 6.76. The van der Waals surface area contributed by atoms with Crippen molar-refractivity contribution in [1.29, 1.82) is 0 Å². The molecule has 110 valence electrons. The molecule has 1 aromatic carbocycles. The first kappa shape index (κ1) is 14.8. The number of nitrogens with two attached hydrogens (primary N) is 1. The van der Waals surface area contributed by atoms with Crippen LogP contribution in [0.4, 0.5) is 5.69 Å². The van der Waals surface area contributed by atoms with Gasteiger partial charge in [0.2, 0.25) is 10.0 Å². The van der Waals surface area contributed by atoms with Crippen LogP contribution in [-0.2, 0) is 10.0 Å². The largest absolute Gasteiger partial charge is 0.478 e. The number of anilines is 1. The Morgan fingerprint density at radius 1 is 1.35 bits per heavy atom. The highest BCUT2D eigenvalue weighted by Crippen LogP contribution is 2.28. The molecule has 20 heavy (non-hydrogen) atoms. The predicted molar refractivity (Wildman–Crippen MR) is 75.4 cm³/mol. The number of hydrogen-bond donors (Lipinski definition) is 2. The molecule has 1 saturated heterocycles. The minimum absolute atomic E-state index is 0.0221. The number of piperidine rings is 1. The van der Waals surface area contributed by atoms with Gasteiger partial charge in [-0.25, -0.2) is 18.4 Å². The molecule has 1 aliphatic rings. The number of sulfonamides is 1. The summed E-state index contributed by atoms with van der Waals surface area (Å²) < 4.78 is 22.6. The maximum Gasteiger partial charge on any atom is 0.337 e. The number of carbonyl (C=O) groups is 1. The van der Waals surface area contributed by atoms with E-state index in [-0.39, 0.29) is 10.5 Å². The van der Waals surface area contributed by atoms with Crippen molar-refractivity contribution in [3.63, 3.8) is 0 Å². The number of benzene rings is 1. The fourth-order valence-electron chi connectivity index (χ4n) is 2.39. The van der Waals surface area contributed by atoms with Gasteiger partial charge in [0.15, 0.2) is 0 Å². The van der Waals surface area contributed by atoms with Gasteiger partial charge in [0.1, 0.15) is 0 Å². The highest BCUT2D eigenvalue weighted by Gasteiger charge is 2.22. The van der Waals surface area contributed by atoms with Gasteiger partial charge < -0.3 is 10.0 Å². The van der Waals surface area contributed by atoms with E-state index < -0.39 is 16.0 Å². The van der Waals surface area contributed by atoms with Crippen LogP contribution < -0.4 is 10.0 Å². The molecule has 1 aliphatic heterocycles. The Kier molecular flexibility index (Phi) is 4.01. The van der Waals surface area contributed by atoms with Gasteiger partial charge in [0.05, 0.1) is 16.1 Å². The normalized spacial score (nSPS) is 17.2. The van der Waals surface area contributed by atoms with Crippen LogP contribution >= 0.6 is 0 Å². The summed E-state index contributed by atoms with van der Waals surface area (Å²) in [5, 5.41) is 14.3. The van der Waals surface area contributed by atoms with Crippen LogP contribution in [0.15, 0.2) is 23.1 Å². The lowest BCUT2D eigenvalue weighted by molar-refractivity contribution is 0.0697. The Bertz CT molecular complexity index is 619. The fourth-order valence-corrected chi connectivity index (χ4v) is 2.93. The molecule has 1 aromatic rings. The smallest absolute Gasteiger partial charge is 0.337 e. The number of rotatable bonds is 3. The average molecular weight is 298 g/mol. The molecule has 6 nitrogen and oxygen atoms in total. The summed E-state index contributed by atoms with van der Waals surface area (Å²) in [6, 6.07) is 4.01. The van der Waals surface area contributed by atoms with Crippen molar-refractivity contribution in [3.05, 3.63) is 23.8 Å². The molecule has 0 bridgehead atoms. The Balaban J connectivity index is 2.41. The molecule has 3 N–H and O–H groups in total. The molecule has 0 spiro atoms. The third kappa shape index (κ3) is 3.10. The number of carboxylic acid groups (broad SMARTS) is 1. The minimum Gasteiger partial charge on any atom is -0.478 e. The van der Waals surface area contributed by atoms with Crippen molar-refractivity contribution in [2.75, 3.05) is 18.0 Å². The first-order valence-electron chi connectivity index (χ1n) is 6.44. The first-order chi connectivity index (χ1) is 9.29. The van der Waals surface area contributed by atoms with Crippen molar-refractivity contribution in [1.82, 2.24) is 0 Å². The van der Waals surface area contributed by atoms with E-state index in [0.717, 1.165) is 32.0 Å². The molecule has 0 atom stereocenters. The van der Waals surface area contributed by atoms with Crippen LogP contribution in [0.3, 0.4) is 0 Å². The van der Waals surface area contributed by atoms with Crippen molar-refractivity contribution >= 4 is 21.7 Å². The molecule has 0 saturated carbocycles. The molecule has 0 aliphatic carbocycles. The summed E-state index contributed by atoms with van der Waals surface area (Å²) in [5.74, 6) is -0.521. The fraction of sp³-hybridized carbons (Fsp3) is 0.462. The monoisotopic (exact) mass is 298 g/mol. The molecule has 7 heteroatoms. The number of aromatic carboxylic acids is 1. The number of carboxylic acids is 1. The third-order valence-electron chi connectivity index (χ3n) is 3.65. The number of hydrogen-bond acceptors (Lipinski definition) is 4. The SMILES string of the molecule is CC1CCN(c2ccc(S(N)(=O)=O)cc2C(=O)O)CC1. The quantitative estimate of drug-likeness (QED) is 0.875. The zero-order valence-corrected chi connectivity index (χ0v) is 12.1.